The normalized spacial score (nSPS) is 24.3. The van der Waals surface area contributed by atoms with Crippen molar-refractivity contribution in [1.82, 2.24) is 10.2 Å². The highest BCUT2D eigenvalue weighted by molar-refractivity contribution is 6.20. The summed E-state index contributed by atoms with van der Waals surface area (Å²) in [6, 6.07) is 14.0. The van der Waals surface area contributed by atoms with Crippen LogP contribution in [-0.4, -0.2) is 41.2 Å². The van der Waals surface area contributed by atoms with E-state index < -0.39 is 23.3 Å². The van der Waals surface area contributed by atoms with Crippen molar-refractivity contribution < 1.29 is 19.2 Å². The molecule has 8 heteroatoms. The number of amides is 5. The Balaban J connectivity index is 1.60. The minimum absolute atomic E-state index is 0.103. The van der Waals surface area contributed by atoms with E-state index in [2.05, 4.69) is 15.5 Å². The second-order valence-corrected chi connectivity index (χ2v) is 9.37. The van der Waals surface area contributed by atoms with Gasteiger partial charge in [-0.25, -0.2) is 4.79 Å². The molecule has 0 saturated carbocycles. The largest absolute Gasteiger partial charge is 0.367 e. The van der Waals surface area contributed by atoms with Crippen LogP contribution in [0.5, 0.6) is 0 Å². The maximum absolute atomic E-state index is 14.1. The smallest absolute Gasteiger partial charge is 0.331 e. The first kappa shape index (κ1) is 22.1. The van der Waals surface area contributed by atoms with Gasteiger partial charge in [0.25, 0.3) is 0 Å². The fraction of sp³-hybridized carbons (Fsp3) is 0.385. The molecule has 5 rings (SSSR count). The lowest BCUT2D eigenvalue weighted by atomic mass is 9.67. The maximum Gasteiger partial charge on any atom is 0.331 e. The lowest BCUT2D eigenvalue weighted by Crippen LogP contribution is -2.71. The molecule has 0 unspecified atom stereocenters. The van der Waals surface area contributed by atoms with Crippen LogP contribution in [0.3, 0.4) is 0 Å². The summed E-state index contributed by atoms with van der Waals surface area (Å²) >= 11 is 0. The summed E-state index contributed by atoms with van der Waals surface area (Å²) in [4.78, 5) is 55.5. The Morgan fingerprint density at radius 2 is 1.88 bits per heavy atom. The van der Waals surface area contributed by atoms with E-state index in [1.165, 1.54) is 11.8 Å². The number of carbonyl (C=O) groups is 4. The van der Waals surface area contributed by atoms with Crippen molar-refractivity contribution in [2.45, 2.75) is 51.6 Å². The molecule has 8 nitrogen and oxygen atoms in total. The number of benzene rings is 2. The number of imide groups is 2. The molecule has 3 heterocycles. The standard InChI is InChI=1S/C26H28N4O4/c1-17(31)27-20-11-12-21-19(14-20)15-26(22-10-6-3-7-13-29(21)22)23(32)28-25(34)30(24(26)33)16-18-8-4-2-5-9-18/h2,4-5,8-9,11-12,14,22H,3,6-7,10,13,15-16H2,1H3,(H,27,31)(H,28,32,34)/t22-,26+/m0/s1. The number of fused-ring (bicyclic) bond motifs is 4. The highest BCUT2D eigenvalue weighted by atomic mass is 16.2. The molecule has 0 radical (unpaired) electrons. The zero-order valence-electron chi connectivity index (χ0n) is 19.2. The summed E-state index contributed by atoms with van der Waals surface area (Å²) in [5.74, 6) is -1.17. The van der Waals surface area contributed by atoms with Crippen LogP contribution in [0.1, 0.15) is 43.7 Å². The van der Waals surface area contributed by atoms with Crippen LogP contribution in [0.2, 0.25) is 0 Å². The second-order valence-electron chi connectivity index (χ2n) is 9.37. The fourth-order valence-electron chi connectivity index (χ4n) is 5.68. The van der Waals surface area contributed by atoms with Gasteiger partial charge in [0.15, 0.2) is 5.41 Å². The molecule has 2 saturated heterocycles. The fourth-order valence-corrected chi connectivity index (χ4v) is 5.68. The Morgan fingerprint density at radius 1 is 1.09 bits per heavy atom. The summed E-state index contributed by atoms with van der Waals surface area (Å²) in [5.41, 5.74) is 1.84. The van der Waals surface area contributed by atoms with Gasteiger partial charge in [0.2, 0.25) is 17.7 Å². The van der Waals surface area contributed by atoms with Gasteiger partial charge >= 0.3 is 6.03 Å². The van der Waals surface area contributed by atoms with Gasteiger partial charge in [0, 0.05) is 24.8 Å². The quantitative estimate of drug-likeness (QED) is 0.686. The molecular formula is C26H28N4O4. The van der Waals surface area contributed by atoms with Crippen molar-refractivity contribution in [3.8, 4) is 0 Å². The number of nitrogens with one attached hydrogen (secondary N) is 2. The lowest BCUT2D eigenvalue weighted by Gasteiger charge is -2.51. The Labute approximate surface area is 198 Å². The summed E-state index contributed by atoms with van der Waals surface area (Å²) in [6.45, 7) is 2.27. The predicted molar refractivity (Wildman–Crippen MR) is 127 cm³/mol. The first-order chi connectivity index (χ1) is 16.4. The third kappa shape index (κ3) is 3.63. The summed E-state index contributed by atoms with van der Waals surface area (Å²) in [5, 5.41) is 5.30. The number of anilines is 2. The molecule has 0 bridgehead atoms. The van der Waals surface area contributed by atoms with E-state index in [0.29, 0.717) is 12.1 Å². The molecule has 0 aliphatic carbocycles. The van der Waals surface area contributed by atoms with Crippen LogP contribution in [0.15, 0.2) is 48.5 Å². The third-order valence-electron chi connectivity index (χ3n) is 7.18. The van der Waals surface area contributed by atoms with E-state index in [1.807, 2.05) is 48.5 Å². The zero-order valence-corrected chi connectivity index (χ0v) is 19.2. The minimum Gasteiger partial charge on any atom is -0.367 e. The van der Waals surface area contributed by atoms with E-state index in [1.54, 1.807) is 0 Å². The molecule has 2 aromatic carbocycles. The minimum atomic E-state index is -1.41. The third-order valence-corrected chi connectivity index (χ3v) is 7.18. The Kier molecular flexibility index (Phi) is 5.59. The number of urea groups is 1. The molecule has 34 heavy (non-hydrogen) atoms. The van der Waals surface area contributed by atoms with E-state index >= 15 is 0 Å². The topological polar surface area (TPSA) is 98.8 Å². The van der Waals surface area contributed by atoms with Crippen molar-refractivity contribution in [3.05, 3.63) is 59.7 Å². The van der Waals surface area contributed by atoms with Crippen molar-refractivity contribution in [2.24, 2.45) is 5.41 Å². The predicted octanol–water partition coefficient (Wildman–Crippen LogP) is 3.22. The highest BCUT2D eigenvalue weighted by Gasteiger charge is 2.61. The molecule has 3 aliphatic rings. The Morgan fingerprint density at radius 3 is 2.65 bits per heavy atom. The number of carbonyl (C=O) groups excluding carboxylic acids is 4. The molecule has 1 spiro atoms. The van der Waals surface area contributed by atoms with Gasteiger partial charge in [-0.3, -0.25) is 24.6 Å². The Hall–Kier alpha value is -3.68. The number of nitrogens with zero attached hydrogens (tertiary/aromatic N) is 2. The SMILES string of the molecule is CC(=O)Nc1ccc2c(c1)C[C@]1(C(=O)NC(=O)N(Cc3ccccc3)C1=O)[C@@H]1CCCCCN21. The van der Waals surface area contributed by atoms with Crippen LogP contribution >= 0.6 is 0 Å². The average molecular weight is 461 g/mol. The molecule has 2 aromatic rings. The highest BCUT2D eigenvalue weighted by Crippen LogP contribution is 2.47. The van der Waals surface area contributed by atoms with Gasteiger partial charge in [0.05, 0.1) is 12.6 Å². The zero-order chi connectivity index (χ0) is 23.9. The Bertz CT molecular complexity index is 1160. The molecule has 2 N–H and O–H groups in total. The first-order valence-corrected chi connectivity index (χ1v) is 11.8. The second kappa shape index (κ2) is 8.59. The van der Waals surface area contributed by atoms with Crippen LogP contribution in [-0.2, 0) is 27.3 Å². The van der Waals surface area contributed by atoms with Gasteiger partial charge in [-0.1, -0.05) is 43.2 Å². The van der Waals surface area contributed by atoms with Crippen LogP contribution < -0.4 is 15.5 Å². The van der Waals surface area contributed by atoms with E-state index in [-0.39, 0.29) is 24.9 Å². The van der Waals surface area contributed by atoms with Gasteiger partial charge in [0.1, 0.15) is 0 Å². The molecule has 0 aromatic heterocycles. The van der Waals surface area contributed by atoms with Gasteiger partial charge in [-0.05, 0) is 48.6 Å². The molecule has 3 aliphatic heterocycles. The van der Waals surface area contributed by atoms with Crippen molar-refractivity contribution >= 4 is 35.1 Å². The molecule has 2 atom stereocenters. The lowest BCUT2D eigenvalue weighted by molar-refractivity contribution is -0.154. The van der Waals surface area contributed by atoms with E-state index in [9.17, 15) is 19.2 Å². The van der Waals surface area contributed by atoms with Crippen LogP contribution in [0.25, 0.3) is 0 Å². The summed E-state index contributed by atoms with van der Waals surface area (Å²) in [6.07, 6.45) is 3.77. The van der Waals surface area contributed by atoms with Crippen LogP contribution in [0, 0.1) is 5.41 Å². The molecule has 5 amide bonds. The number of barbiturate groups is 1. The van der Waals surface area contributed by atoms with Crippen molar-refractivity contribution in [3.63, 3.8) is 0 Å². The van der Waals surface area contributed by atoms with Gasteiger partial charge in [-0.15, -0.1) is 0 Å². The van der Waals surface area contributed by atoms with Crippen molar-refractivity contribution in [2.75, 3.05) is 16.8 Å². The summed E-state index contributed by atoms with van der Waals surface area (Å²) < 4.78 is 0. The number of hydrogen-bond acceptors (Lipinski definition) is 5. The number of hydrogen-bond donors (Lipinski definition) is 2. The average Bonchev–Trinajstić information content (AvgIpc) is 3.07. The molecule has 176 valence electrons. The van der Waals surface area contributed by atoms with E-state index in [0.717, 1.165) is 42.6 Å². The van der Waals surface area contributed by atoms with Gasteiger partial charge in [-0.2, -0.15) is 0 Å². The molecule has 2 fully saturated rings. The van der Waals surface area contributed by atoms with E-state index in [4.69, 9.17) is 0 Å². The van der Waals surface area contributed by atoms with Crippen LogP contribution in [0.4, 0.5) is 16.2 Å². The van der Waals surface area contributed by atoms with Gasteiger partial charge < -0.3 is 10.2 Å². The van der Waals surface area contributed by atoms with Crippen molar-refractivity contribution in [1.29, 1.82) is 0 Å². The number of rotatable bonds is 3. The summed E-state index contributed by atoms with van der Waals surface area (Å²) in [7, 11) is 0. The molecular weight excluding hydrogens is 432 g/mol. The monoisotopic (exact) mass is 460 g/mol. The maximum atomic E-state index is 14.1. The first-order valence-electron chi connectivity index (χ1n) is 11.8.